The Kier molecular flexibility index (Phi) is 4.65. The molecule has 1 saturated heterocycles. The summed E-state index contributed by atoms with van der Waals surface area (Å²) in [6.07, 6.45) is 2.38. The Morgan fingerprint density at radius 3 is 2.79 bits per heavy atom. The van der Waals surface area contributed by atoms with Crippen LogP contribution in [-0.2, 0) is 16.1 Å². The SMILES string of the molecule is O=C(O)C=Cc1ccc(CN2CCOCC2)c(F)c1. The van der Waals surface area contributed by atoms with E-state index < -0.39 is 5.97 Å². The van der Waals surface area contributed by atoms with Gasteiger partial charge in [-0.2, -0.15) is 0 Å². The van der Waals surface area contributed by atoms with Gasteiger partial charge < -0.3 is 9.84 Å². The lowest BCUT2D eigenvalue weighted by Gasteiger charge is -2.26. The summed E-state index contributed by atoms with van der Waals surface area (Å²) < 4.78 is 19.1. The Bertz CT molecular complexity index is 482. The zero-order valence-electron chi connectivity index (χ0n) is 10.5. The van der Waals surface area contributed by atoms with Crippen molar-refractivity contribution in [2.75, 3.05) is 26.3 Å². The van der Waals surface area contributed by atoms with Crippen LogP contribution in [0.25, 0.3) is 6.08 Å². The molecule has 0 aromatic heterocycles. The predicted molar refractivity (Wildman–Crippen MR) is 69.2 cm³/mol. The average Bonchev–Trinajstić information content (AvgIpc) is 2.40. The molecule has 2 rings (SSSR count). The zero-order valence-corrected chi connectivity index (χ0v) is 10.5. The molecule has 0 atom stereocenters. The van der Waals surface area contributed by atoms with Crippen molar-refractivity contribution in [3.63, 3.8) is 0 Å². The molecule has 4 nitrogen and oxygen atoms in total. The number of ether oxygens (including phenoxy) is 1. The first-order chi connectivity index (χ1) is 9.15. The fraction of sp³-hybridized carbons (Fsp3) is 0.357. The first-order valence-electron chi connectivity index (χ1n) is 6.15. The Morgan fingerprint density at radius 1 is 1.42 bits per heavy atom. The molecule has 102 valence electrons. The Morgan fingerprint density at radius 2 is 2.16 bits per heavy atom. The number of carbonyl (C=O) groups is 1. The number of carboxylic acid groups (broad SMARTS) is 1. The fourth-order valence-corrected chi connectivity index (χ4v) is 1.96. The van der Waals surface area contributed by atoms with Crippen LogP contribution < -0.4 is 0 Å². The molecule has 0 aliphatic carbocycles. The molecular formula is C14H16FNO3. The number of benzene rings is 1. The topological polar surface area (TPSA) is 49.8 Å². The van der Waals surface area contributed by atoms with Gasteiger partial charge in [-0.05, 0) is 17.7 Å². The number of rotatable bonds is 4. The molecule has 1 aromatic rings. The first kappa shape index (κ1) is 13.7. The largest absolute Gasteiger partial charge is 0.478 e. The Labute approximate surface area is 111 Å². The average molecular weight is 265 g/mol. The second-order valence-electron chi connectivity index (χ2n) is 4.41. The van der Waals surface area contributed by atoms with Gasteiger partial charge in [0.1, 0.15) is 5.82 Å². The fourth-order valence-electron chi connectivity index (χ4n) is 1.96. The quantitative estimate of drug-likeness (QED) is 0.843. The molecule has 0 spiro atoms. The molecule has 1 aromatic carbocycles. The van der Waals surface area contributed by atoms with Crippen molar-refractivity contribution >= 4 is 12.0 Å². The van der Waals surface area contributed by atoms with Crippen LogP contribution >= 0.6 is 0 Å². The zero-order chi connectivity index (χ0) is 13.7. The number of nitrogens with zero attached hydrogens (tertiary/aromatic N) is 1. The van der Waals surface area contributed by atoms with Gasteiger partial charge in [0.05, 0.1) is 13.2 Å². The molecule has 1 aliphatic heterocycles. The van der Waals surface area contributed by atoms with E-state index in [9.17, 15) is 9.18 Å². The number of morpholine rings is 1. The molecule has 1 N–H and O–H groups in total. The standard InChI is InChI=1S/C14H16FNO3/c15-13-9-11(2-4-14(17)18)1-3-12(13)10-16-5-7-19-8-6-16/h1-4,9H,5-8,10H2,(H,17,18). The van der Waals surface area contributed by atoms with Gasteiger partial charge in [-0.3, -0.25) is 4.90 Å². The van der Waals surface area contributed by atoms with E-state index in [0.717, 1.165) is 19.2 Å². The molecule has 0 unspecified atom stereocenters. The van der Waals surface area contributed by atoms with Gasteiger partial charge in [-0.25, -0.2) is 9.18 Å². The van der Waals surface area contributed by atoms with Gasteiger partial charge in [-0.1, -0.05) is 12.1 Å². The second kappa shape index (κ2) is 6.45. The summed E-state index contributed by atoms with van der Waals surface area (Å²) >= 11 is 0. The molecule has 0 amide bonds. The molecular weight excluding hydrogens is 249 g/mol. The van der Waals surface area contributed by atoms with Crippen LogP contribution in [-0.4, -0.2) is 42.3 Å². The lowest BCUT2D eigenvalue weighted by atomic mass is 10.1. The summed E-state index contributed by atoms with van der Waals surface area (Å²) in [6, 6.07) is 4.78. The van der Waals surface area contributed by atoms with Crippen LogP contribution in [0.3, 0.4) is 0 Å². The third-order valence-electron chi connectivity index (χ3n) is 2.99. The van der Waals surface area contributed by atoms with Crippen LogP contribution in [0, 0.1) is 5.82 Å². The lowest BCUT2D eigenvalue weighted by molar-refractivity contribution is -0.131. The maximum Gasteiger partial charge on any atom is 0.328 e. The van der Waals surface area contributed by atoms with Crippen LogP contribution in [0.4, 0.5) is 4.39 Å². The highest BCUT2D eigenvalue weighted by Crippen LogP contribution is 2.14. The van der Waals surface area contributed by atoms with Crippen molar-refractivity contribution in [3.8, 4) is 0 Å². The van der Waals surface area contributed by atoms with Crippen LogP contribution in [0.15, 0.2) is 24.3 Å². The Balaban J connectivity index is 2.04. The van der Waals surface area contributed by atoms with Crippen LogP contribution in [0.5, 0.6) is 0 Å². The summed E-state index contributed by atoms with van der Waals surface area (Å²) in [5.41, 5.74) is 1.17. The summed E-state index contributed by atoms with van der Waals surface area (Å²) in [6.45, 7) is 3.53. The monoisotopic (exact) mass is 265 g/mol. The van der Waals surface area contributed by atoms with E-state index in [1.54, 1.807) is 12.1 Å². The minimum atomic E-state index is -1.04. The van der Waals surface area contributed by atoms with Gasteiger partial charge in [0, 0.05) is 31.3 Å². The molecule has 5 heteroatoms. The van der Waals surface area contributed by atoms with Gasteiger partial charge in [0.2, 0.25) is 0 Å². The maximum absolute atomic E-state index is 13.9. The van der Waals surface area contributed by atoms with Gasteiger partial charge in [-0.15, -0.1) is 0 Å². The highest BCUT2D eigenvalue weighted by molar-refractivity contribution is 5.85. The Hall–Kier alpha value is -1.72. The maximum atomic E-state index is 13.9. The number of hydrogen-bond donors (Lipinski definition) is 1. The van der Waals surface area contributed by atoms with Crippen molar-refractivity contribution in [1.29, 1.82) is 0 Å². The number of aliphatic carboxylic acids is 1. The number of halogens is 1. The van der Waals surface area contributed by atoms with Crippen molar-refractivity contribution in [3.05, 3.63) is 41.2 Å². The third kappa shape index (κ3) is 4.15. The third-order valence-corrected chi connectivity index (χ3v) is 2.99. The normalized spacial score (nSPS) is 16.9. The van der Waals surface area contributed by atoms with Crippen molar-refractivity contribution in [2.45, 2.75) is 6.54 Å². The van der Waals surface area contributed by atoms with E-state index >= 15 is 0 Å². The highest BCUT2D eigenvalue weighted by Gasteiger charge is 2.12. The highest BCUT2D eigenvalue weighted by atomic mass is 19.1. The smallest absolute Gasteiger partial charge is 0.328 e. The van der Waals surface area contributed by atoms with Gasteiger partial charge >= 0.3 is 5.97 Å². The molecule has 1 aliphatic rings. The van der Waals surface area contributed by atoms with E-state index in [2.05, 4.69) is 4.90 Å². The summed E-state index contributed by atoms with van der Waals surface area (Å²) in [4.78, 5) is 12.5. The minimum absolute atomic E-state index is 0.306. The van der Waals surface area contributed by atoms with Crippen molar-refractivity contribution in [1.82, 2.24) is 4.90 Å². The number of carboxylic acids is 1. The molecule has 1 fully saturated rings. The summed E-state index contributed by atoms with van der Waals surface area (Å²) in [7, 11) is 0. The van der Waals surface area contributed by atoms with Crippen molar-refractivity contribution < 1.29 is 19.0 Å². The van der Waals surface area contributed by atoms with E-state index in [1.807, 2.05) is 0 Å². The lowest BCUT2D eigenvalue weighted by Crippen LogP contribution is -2.35. The van der Waals surface area contributed by atoms with E-state index in [-0.39, 0.29) is 5.82 Å². The van der Waals surface area contributed by atoms with Gasteiger partial charge in [0.25, 0.3) is 0 Å². The van der Waals surface area contributed by atoms with Crippen LogP contribution in [0.1, 0.15) is 11.1 Å². The molecule has 0 bridgehead atoms. The first-order valence-corrected chi connectivity index (χ1v) is 6.15. The molecule has 1 heterocycles. The van der Waals surface area contributed by atoms with E-state index in [1.165, 1.54) is 12.1 Å². The van der Waals surface area contributed by atoms with Gasteiger partial charge in [0.15, 0.2) is 0 Å². The summed E-state index contributed by atoms with van der Waals surface area (Å²) in [5.74, 6) is -1.35. The molecule has 0 radical (unpaired) electrons. The van der Waals surface area contributed by atoms with Crippen LogP contribution in [0.2, 0.25) is 0 Å². The number of hydrogen-bond acceptors (Lipinski definition) is 3. The van der Waals surface area contributed by atoms with E-state index in [0.29, 0.717) is 30.9 Å². The molecule has 0 saturated carbocycles. The second-order valence-corrected chi connectivity index (χ2v) is 4.41. The molecule has 19 heavy (non-hydrogen) atoms. The summed E-state index contributed by atoms with van der Waals surface area (Å²) in [5, 5.41) is 8.52. The minimum Gasteiger partial charge on any atom is -0.478 e. The van der Waals surface area contributed by atoms with Crippen molar-refractivity contribution in [2.24, 2.45) is 0 Å². The van der Waals surface area contributed by atoms with E-state index in [4.69, 9.17) is 9.84 Å². The predicted octanol–water partition coefficient (Wildman–Crippen LogP) is 1.76.